The number of rotatable bonds is 1. The van der Waals surface area contributed by atoms with E-state index in [1.807, 2.05) is 18.5 Å². The number of nitrogens with two attached hydrogens (primary N) is 1. The molecule has 3 heterocycles. The van der Waals surface area contributed by atoms with Gasteiger partial charge in [-0.25, -0.2) is 5.01 Å². The molecule has 2 aromatic carbocycles. The zero-order chi connectivity index (χ0) is 24.3. The van der Waals surface area contributed by atoms with Crippen molar-refractivity contribution in [2.45, 2.75) is 18.5 Å². The zero-order valence-corrected chi connectivity index (χ0v) is 17.3. The van der Waals surface area contributed by atoms with Crippen LogP contribution in [0.4, 0.5) is 32.0 Å². The summed E-state index contributed by atoms with van der Waals surface area (Å²) in [5, 5.41) is 8.45. The predicted molar refractivity (Wildman–Crippen MR) is 114 cm³/mol. The van der Waals surface area contributed by atoms with Crippen molar-refractivity contribution in [2.75, 3.05) is 11.6 Å². The SMILES string of the molecule is NC1c2ccccc2C(N2C=C3C=CNC=C3C2)=NN1c1cc(C(F)(F)F)cc(C(F)(F)F)c1. The van der Waals surface area contributed by atoms with E-state index in [2.05, 4.69) is 10.4 Å². The standard InChI is InChI=1S/C23H17F6N5/c24-22(25,26)15-7-16(23(27,28)29)9-17(8-15)34-20(30)18-3-1-2-4-19(18)21(32-34)33-11-13-5-6-31-10-14(13)12-33/h1-11,20,31H,12,30H2. The minimum absolute atomic E-state index is 0.0823. The Hall–Kier alpha value is -3.73. The minimum Gasteiger partial charge on any atom is -0.367 e. The Morgan fingerprint density at radius 2 is 1.65 bits per heavy atom. The molecule has 0 aromatic heterocycles. The lowest BCUT2D eigenvalue weighted by Crippen LogP contribution is -2.41. The highest BCUT2D eigenvalue weighted by atomic mass is 19.4. The van der Waals surface area contributed by atoms with Gasteiger partial charge in [-0.1, -0.05) is 24.3 Å². The largest absolute Gasteiger partial charge is 0.416 e. The maximum atomic E-state index is 13.4. The Balaban J connectivity index is 1.66. The fourth-order valence-electron chi connectivity index (χ4n) is 4.08. The van der Waals surface area contributed by atoms with Crippen LogP contribution >= 0.6 is 0 Å². The van der Waals surface area contributed by atoms with Crippen LogP contribution in [0.1, 0.15) is 28.4 Å². The van der Waals surface area contributed by atoms with Gasteiger partial charge in [-0.15, -0.1) is 0 Å². The summed E-state index contributed by atoms with van der Waals surface area (Å²) in [6.45, 7) is 0.416. The molecule has 176 valence electrons. The van der Waals surface area contributed by atoms with Gasteiger partial charge in [-0.05, 0) is 35.4 Å². The predicted octanol–water partition coefficient (Wildman–Crippen LogP) is 5.06. The van der Waals surface area contributed by atoms with Crippen molar-refractivity contribution in [2.24, 2.45) is 10.8 Å². The molecular formula is C23H17F6N5. The monoisotopic (exact) mass is 477 g/mol. The number of fused-ring (bicyclic) bond motifs is 2. The van der Waals surface area contributed by atoms with E-state index in [1.165, 1.54) is 0 Å². The van der Waals surface area contributed by atoms with Crippen molar-refractivity contribution in [3.63, 3.8) is 0 Å². The fourth-order valence-corrected chi connectivity index (χ4v) is 4.08. The van der Waals surface area contributed by atoms with Gasteiger partial charge in [0.1, 0.15) is 6.17 Å². The van der Waals surface area contributed by atoms with E-state index < -0.39 is 35.3 Å². The summed E-state index contributed by atoms with van der Waals surface area (Å²) in [5.74, 6) is 0.361. The van der Waals surface area contributed by atoms with E-state index >= 15 is 0 Å². The van der Waals surface area contributed by atoms with Crippen LogP contribution in [-0.4, -0.2) is 17.3 Å². The number of dihydropyridines is 1. The Kier molecular flexibility index (Phi) is 4.97. The highest BCUT2D eigenvalue weighted by Gasteiger charge is 2.39. The van der Waals surface area contributed by atoms with Crippen molar-refractivity contribution in [3.05, 3.63) is 101 Å². The third-order valence-corrected chi connectivity index (χ3v) is 5.72. The molecule has 2 aromatic rings. The number of benzene rings is 2. The summed E-state index contributed by atoms with van der Waals surface area (Å²) in [7, 11) is 0. The molecule has 0 radical (unpaired) electrons. The number of nitrogens with zero attached hydrogens (tertiary/aromatic N) is 3. The summed E-state index contributed by atoms with van der Waals surface area (Å²) < 4.78 is 80.7. The maximum Gasteiger partial charge on any atom is 0.416 e. The minimum atomic E-state index is -4.98. The third kappa shape index (κ3) is 3.81. The Labute approximate surface area is 190 Å². The van der Waals surface area contributed by atoms with Crippen molar-refractivity contribution in [3.8, 4) is 0 Å². The van der Waals surface area contributed by atoms with Crippen LogP contribution in [-0.2, 0) is 12.4 Å². The van der Waals surface area contributed by atoms with Crippen LogP contribution in [0.3, 0.4) is 0 Å². The molecular weight excluding hydrogens is 460 g/mol. The van der Waals surface area contributed by atoms with Crippen molar-refractivity contribution in [1.82, 2.24) is 10.2 Å². The number of hydrogen-bond donors (Lipinski definition) is 2. The van der Waals surface area contributed by atoms with E-state index in [0.717, 1.165) is 16.2 Å². The lowest BCUT2D eigenvalue weighted by atomic mass is 10.0. The lowest BCUT2D eigenvalue weighted by molar-refractivity contribution is -0.143. The molecule has 1 unspecified atom stereocenters. The molecule has 0 saturated heterocycles. The maximum absolute atomic E-state index is 13.4. The van der Waals surface area contributed by atoms with Crippen LogP contribution in [0.2, 0.25) is 0 Å². The second kappa shape index (κ2) is 7.66. The molecule has 1 atom stereocenters. The van der Waals surface area contributed by atoms with Gasteiger partial charge in [0.25, 0.3) is 0 Å². The molecule has 0 amide bonds. The third-order valence-electron chi connectivity index (χ3n) is 5.72. The number of alkyl halides is 6. The average Bonchev–Trinajstić information content (AvgIpc) is 3.22. The van der Waals surface area contributed by atoms with E-state index in [0.29, 0.717) is 35.6 Å². The first-order valence-electron chi connectivity index (χ1n) is 10.1. The molecule has 0 saturated carbocycles. The van der Waals surface area contributed by atoms with Gasteiger partial charge < -0.3 is 16.0 Å². The smallest absolute Gasteiger partial charge is 0.367 e. The van der Waals surface area contributed by atoms with Crippen molar-refractivity contribution < 1.29 is 26.3 Å². The fraction of sp³-hybridized carbons (Fsp3) is 0.174. The van der Waals surface area contributed by atoms with Gasteiger partial charge in [0.15, 0.2) is 5.84 Å². The van der Waals surface area contributed by atoms with Gasteiger partial charge in [0.2, 0.25) is 0 Å². The Morgan fingerprint density at radius 1 is 0.971 bits per heavy atom. The van der Waals surface area contributed by atoms with Crippen LogP contribution in [0, 0.1) is 0 Å². The normalized spacial score (nSPS) is 19.7. The van der Waals surface area contributed by atoms with Crippen molar-refractivity contribution >= 4 is 11.5 Å². The van der Waals surface area contributed by atoms with Gasteiger partial charge in [0.05, 0.1) is 23.4 Å². The van der Waals surface area contributed by atoms with Gasteiger partial charge in [-0.2, -0.15) is 31.4 Å². The quantitative estimate of drug-likeness (QED) is 0.564. The van der Waals surface area contributed by atoms with Crippen LogP contribution < -0.4 is 16.1 Å². The van der Waals surface area contributed by atoms with Gasteiger partial charge >= 0.3 is 12.4 Å². The summed E-state index contributed by atoms with van der Waals surface area (Å²) in [6, 6.07) is 8.24. The van der Waals surface area contributed by atoms with E-state index in [1.54, 1.807) is 35.4 Å². The second-order valence-electron chi connectivity index (χ2n) is 7.95. The highest BCUT2D eigenvalue weighted by molar-refractivity contribution is 6.03. The number of nitrogens with one attached hydrogen (secondary N) is 1. The molecule has 0 bridgehead atoms. The van der Waals surface area contributed by atoms with Gasteiger partial charge in [-0.3, -0.25) is 0 Å². The van der Waals surface area contributed by atoms with E-state index in [9.17, 15) is 26.3 Å². The van der Waals surface area contributed by atoms with Crippen LogP contribution in [0.15, 0.2) is 83.4 Å². The molecule has 0 spiro atoms. The summed E-state index contributed by atoms with van der Waals surface area (Å²) in [6.07, 6.45) is -3.82. The number of halogens is 6. The number of hydrogen-bond acceptors (Lipinski definition) is 5. The Bertz CT molecular complexity index is 1240. The van der Waals surface area contributed by atoms with E-state index in [4.69, 9.17) is 5.73 Å². The molecule has 3 aliphatic heterocycles. The highest BCUT2D eigenvalue weighted by Crippen LogP contribution is 2.41. The van der Waals surface area contributed by atoms with Crippen LogP contribution in [0.5, 0.6) is 0 Å². The lowest BCUT2D eigenvalue weighted by Gasteiger charge is -2.35. The number of anilines is 1. The first-order valence-corrected chi connectivity index (χ1v) is 10.1. The van der Waals surface area contributed by atoms with Crippen molar-refractivity contribution in [1.29, 1.82) is 0 Å². The van der Waals surface area contributed by atoms with E-state index in [-0.39, 0.29) is 6.07 Å². The Morgan fingerprint density at radius 3 is 2.29 bits per heavy atom. The number of amidine groups is 1. The molecule has 11 heteroatoms. The second-order valence-corrected chi connectivity index (χ2v) is 7.95. The zero-order valence-electron chi connectivity index (χ0n) is 17.3. The average molecular weight is 477 g/mol. The van der Waals surface area contributed by atoms with Crippen LogP contribution in [0.25, 0.3) is 0 Å². The number of hydrazone groups is 1. The summed E-state index contributed by atoms with van der Waals surface area (Å²) in [5.41, 5.74) is 6.07. The van der Waals surface area contributed by atoms with Gasteiger partial charge in [0, 0.05) is 29.7 Å². The first-order chi connectivity index (χ1) is 16.0. The molecule has 0 aliphatic carbocycles. The molecule has 5 rings (SSSR count). The molecule has 5 nitrogen and oxygen atoms in total. The molecule has 3 aliphatic rings. The molecule has 0 fully saturated rings. The molecule has 3 N–H and O–H groups in total. The summed E-state index contributed by atoms with van der Waals surface area (Å²) >= 11 is 0. The first kappa shape index (κ1) is 22.1. The topological polar surface area (TPSA) is 56.9 Å². The summed E-state index contributed by atoms with van der Waals surface area (Å²) in [4.78, 5) is 1.79. The number of allylic oxidation sites excluding steroid dienone is 1. The molecule has 34 heavy (non-hydrogen) atoms.